The van der Waals surface area contributed by atoms with Gasteiger partial charge in [0.2, 0.25) is 0 Å². The van der Waals surface area contributed by atoms with Crippen LogP contribution in [-0.2, 0) is 20.8 Å². The summed E-state index contributed by atoms with van der Waals surface area (Å²) in [6, 6.07) is 30.6. The predicted octanol–water partition coefficient (Wildman–Crippen LogP) is 7.55. The van der Waals surface area contributed by atoms with Crippen LogP contribution in [0.1, 0.15) is 54.5 Å². The van der Waals surface area contributed by atoms with Crippen molar-refractivity contribution in [2.45, 2.75) is 45.0 Å². The zero-order valence-corrected chi connectivity index (χ0v) is 25.0. The summed E-state index contributed by atoms with van der Waals surface area (Å²) in [4.78, 5) is 14.3. The largest absolute Gasteiger partial charge is 0.445 e. The highest BCUT2D eigenvalue weighted by Gasteiger charge is 2.39. The molecule has 5 unspecified atom stereocenters. The van der Waals surface area contributed by atoms with Crippen molar-refractivity contribution in [2.24, 2.45) is 5.92 Å². The summed E-state index contributed by atoms with van der Waals surface area (Å²) in [6.45, 7) is 8.79. The first-order valence-corrected chi connectivity index (χ1v) is 14.7. The van der Waals surface area contributed by atoms with E-state index in [4.69, 9.17) is 14.2 Å². The molecule has 0 saturated carbocycles. The highest BCUT2D eigenvalue weighted by atomic mass is 16.7. The second-order valence-electron chi connectivity index (χ2n) is 11.2. The average Bonchev–Trinajstić information content (AvgIpc) is 3.04. The van der Waals surface area contributed by atoms with E-state index < -0.39 is 12.4 Å². The van der Waals surface area contributed by atoms with E-state index in [-0.39, 0.29) is 37.4 Å². The minimum atomic E-state index is -0.602. The Bertz CT molecular complexity index is 1520. The monoisotopic (exact) mass is 580 g/mol. The molecule has 5 rings (SSSR count). The minimum Gasteiger partial charge on any atom is -0.445 e. The van der Waals surface area contributed by atoms with Gasteiger partial charge in [0.1, 0.15) is 6.61 Å². The fourth-order valence-electron chi connectivity index (χ4n) is 5.50. The molecule has 0 radical (unpaired) electrons. The van der Waals surface area contributed by atoms with Gasteiger partial charge in [0.05, 0.1) is 18.8 Å². The first-order valence-electron chi connectivity index (χ1n) is 14.7. The molecule has 1 heterocycles. The number of aliphatic hydroxyl groups is 1. The number of likely N-dealkylation sites (N-methyl/N-ethyl adjacent to an activating group) is 1. The van der Waals surface area contributed by atoms with Crippen molar-refractivity contribution in [3.8, 4) is 0 Å². The number of hydrogen-bond donors (Lipinski definition) is 2. The lowest BCUT2D eigenvalue weighted by Crippen LogP contribution is -2.44. The second kappa shape index (κ2) is 14.0. The summed E-state index contributed by atoms with van der Waals surface area (Å²) in [5, 5.41) is 14.7. The van der Waals surface area contributed by atoms with Crippen LogP contribution in [0.3, 0.4) is 0 Å². The fourth-order valence-corrected chi connectivity index (χ4v) is 5.50. The Hall–Kier alpha value is -4.01. The molecule has 1 saturated heterocycles. The number of aliphatic hydroxyl groups excluding tert-OH is 1. The summed E-state index contributed by atoms with van der Waals surface area (Å²) in [7, 11) is 2.14. The highest BCUT2D eigenvalue weighted by molar-refractivity contribution is 5.84. The molecule has 224 valence electrons. The number of nitrogens with one attached hydrogen (secondary N) is 1. The van der Waals surface area contributed by atoms with Crippen molar-refractivity contribution in [1.82, 2.24) is 4.90 Å². The van der Waals surface area contributed by atoms with Gasteiger partial charge in [-0.2, -0.15) is 0 Å². The maximum absolute atomic E-state index is 12.0. The number of rotatable bonds is 10. The fraction of sp³-hybridized carbons (Fsp3) is 0.306. The van der Waals surface area contributed by atoms with Gasteiger partial charge in [0.15, 0.2) is 6.29 Å². The molecule has 1 amide bonds. The van der Waals surface area contributed by atoms with E-state index in [1.807, 2.05) is 48.5 Å². The Morgan fingerprint density at radius 2 is 1.70 bits per heavy atom. The summed E-state index contributed by atoms with van der Waals surface area (Å²) in [6.07, 6.45) is 0.0379. The number of benzene rings is 4. The number of anilines is 1. The minimum absolute atomic E-state index is 0.00527. The Balaban J connectivity index is 1.36. The van der Waals surface area contributed by atoms with Crippen LogP contribution in [0.15, 0.2) is 104 Å². The molecule has 0 bridgehead atoms. The maximum Gasteiger partial charge on any atom is 0.411 e. The van der Waals surface area contributed by atoms with E-state index >= 15 is 0 Å². The van der Waals surface area contributed by atoms with Gasteiger partial charge in [-0.3, -0.25) is 10.2 Å². The van der Waals surface area contributed by atoms with Crippen molar-refractivity contribution in [2.75, 3.05) is 25.5 Å². The third-order valence-corrected chi connectivity index (χ3v) is 8.27. The van der Waals surface area contributed by atoms with Crippen LogP contribution in [0.2, 0.25) is 0 Å². The van der Waals surface area contributed by atoms with Crippen LogP contribution in [0.5, 0.6) is 0 Å². The van der Waals surface area contributed by atoms with E-state index in [0.717, 1.165) is 16.7 Å². The van der Waals surface area contributed by atoms with Gasteiger partial charge in [-0.05, 0) is 59.6 Å². The van der Waals surface area contributed by atoms with E-state index in [1.54, 1.807) is 0 Å². The molecule has 4 aromatic carbocycles. The van der Waals surface area contributed by atoms with Gasteiger partial charge in [0.25, 0.3) is 0 Å². The van der Waals surface area contributed by atoms with Gasteiger partial charge in [-0.25, -0.2) is 4.79 Å². The molecule has 1 fully saturated rings. The van der Waals surface area contributed by atoms with Crippen LogP contribution in [0, 0.1) is 5.92 Å². The summed E-state index contributed by atoms with van der Waals surface area (Å²) in [5.41, 5.74) is 4.61. The van der Waals surface area contributed by atoms with Gasteiger partial charge in [-0.1, -0.05) is 92.4 Å². The zero-order valence-electron chi connectivity index (χ0n) is 25.0. The van der Waals surface area contributed by atoms with E-state index in [1.165, 1.54) is 22.4 Å². The summed E-state index contributed by atoms with van der Waals surface area (Å²) < 4.78 is 18.3. The van der Waals surface area contributed by atoms with Gasteiger partial charge >= 0.3 is 6.09 Å². The van der Waals surface area contributed by atoms with Crippen molar-refractivity contribution < 1.29 is 24.1 Å². The molecule has 5 atom stereocenters. The molecular weight excluding hydrogens is 540 g/mol. The topological polar surface area (TPSA) is 80.3 Å². The lowest BCUT2D eigenvalue weighted by atomic mass is 9.89. The third-order valence-electron chi connectivity index (χ3n) is 8.27. The van der Waals surface area contributed by atoms with E-state index in [0.29, 0.717) is 12.2 Å². The van der Waals surface area contributed by atoms with Gasteiger partial charge in [-0.15, -0.1) is 0 Å². The van der Waals surface area contributed by atoms with Crippen molar-refractivity contribution >= 4 is 22.6 Å². The number of carbonyl (C=O) groups is 1. The Kier molecular flexibility index (Phi) is 9.89. The third kappa shape index (κ3) is 7.32. The van der Waals surface area contributed by atoms with Crippen LogP contribution in [0.4, 0.5) is 10.5 Å². The Labute approximate surface area is 253 Å². The van der Waals surface area contributed by atoms with Gasteiger partial charge < -0.3 is 19.3 Å². The predicted molar refractivity (Wildman–Crippen MR) is 170 cm³/mol. The molecule has 2 N–H and O–H groups in total. The van der Waals surface area contributed by atoms with E-state index in [2.05, 4.69) is 80.2 Å². The Morgan fingerprint density at radius 1 is 1.00 bits per heavy atom. The average molecular weight is 581 g/mol. The molecule has 7 nitrogen and oxygen atoms in total. The maximum atomic E-state index is 12.0. The van der Waals surface area contributed by atoms with Crippen LogP contribution in [0.25, 0.3) is 10.8 Å². The van der Waals surface area contributed by atoms with Crippen LogP contribution in [-0.4, -0.2) is 42.4 Å². The normalized spacial score (nSPS) is 21.0. The molecule has 0 aromatic heterocycles. The van der Waals surface area contributed by atoms with Crippen molar-refractivity contribution in [3.05, 3.63) is 126 Å². The number of amides is 1. The molecule has 1 aliphatic heterocycles. The zero-order chi connectivity index (χ0) is 30.3. The Morgan fingerprint density at radius 3 is 2.40 bits per heavy atom. The smallest absolute Gasteiger partial charge is 0.411 e. The lowest BCUT2D eigenvalue weighted by Gasteiger charge is -2.43. The molecule has 43 heavy (non-hydrogen) atoms. The molecule has 7 heteroatoms. The number of ether oxygens (including phenoxy) is 3. The first kappa shape index (κ1) is 30.4. The molecule has 0 spiro atoms. The second-order valence-corrected chi connectivity index (χ2v) is 11.2. The summed E-state index contributed by atoms with van der Waals surface area (Å²) in [5.74, 6) is 0.0584. The number of hydrogen-bond acceptors (Lipinski definition) is 6. The summed E-state index contributed by atoms with van der Waals surface area (Å²) >= 11 is 0. The lowest BCUT2D eigenvalue weighted by molar-refractivity contribution is -0.276. The quantitative estimate of drug-likeness (QED) is 0.189. The highest BCUT2D eigenvalue weighted by Crippen LogP contribution is 2.42. The molecule has 0 aliphatic carbocycles. The van der Waals surface area contributed by atoms with Crippen LogP contribution < -0.4 is 5.32 Å². The van der Waals surface area contributed by atoms with Crippen LogP contribution >= 0.6 is 0 Å². The van der Waals surface area contributed by atoms with E-state index in [9.17, 15) is 9.90 Å². The van der Waals surface area contributed by atoms with Crippen molar-refractivity contribution in [3.63, 3.8) is 0 Å². The number of fused-ring (bicyclic) bond motifs is 1. The molecule has 4 aromatic rings. The standard InChI is InChI=1S/C36H40N2O5/c1-5-20-41-36(40)37-32-18-16-29(17-19-32)35-42-33(24(2)34(43-35)28-12-10-26(23-39)11-13-28)22-38(4)25(3)30-15-14-27-8-6-7-9-31(27)21-30/h5-19,21,24-25,33-35,39H,1,20,22-23H2,2-4H3,(H,37,40). The van der Waals surface area contributed by atoms with Crippen molar-refractivity contribution in [1.29, 1.82) is 0 Å². The number of carbonyl (C=O) groups excluding carboxylic acids is 1. The number of nitrogens with zero attached hydrogens (tertiary/aromatic N) is 1. The molecular formula is C36H40N2O5. The first-order chi connectivity index (χ1) is 20.9. The van der Waals surface area contributed by atoms with Gasteiger partial charge in [0, 0.05) is 29.8 Å². The SMILES string of the molecule is C=CCOC(=O)Nc1ccc(C2OC(CN(C)C(C)c3ccc4ccccc4c3)C(C)C(c3ccc(CO)cc3)O2)cc1. The molecule has 1 aliphatic rings.